The topological polar surface area (TPSA) is 65.4 Å². The number of aromatic nitrogens is 3. The minimum Gasteiger partial charge on any atom is -0.279 e. The van der Waals surface area contributed by atoms with E-state index in [4.69, 9.17) is 5.26 Å². The van der Waals surface area contributed by atoms with Gasteiger partial charge in [0, 0.05) is 17.3 Å². The zero-order chi connectivity index (χ0) is 10.1. The van der Waals surface area contributed by atoms with Crippen LogP contribution in [0.4, 0.5) is 0 Å². The van der Waals surface area contributed by atoms with Crippen molar-refractivity contribution < 1.29 is 0 Å². The second-order valence-corrected chi connectivity index (χ2v) is 3.50. The molecule has 0 aliphatic rings. The van der Waals surface area contributed by atoms with Gasteiger partial charge in [-0.1, -0.05) is 13.8 Å². The monoisotopic (exact) mass is 186 g/mol. The first kappa shape index (κ1) is 8.70. The van der Waals surface area contributed by atoms with E-state index >= 15 is 0 Å². The largest absolute Gasteiger partial charge is 0.279 e. The number of fused-ring (bicyclic) bond motifs is 1. The first-order valence-corrected chi connectivity index (χ1v) is 4.46. The van der Waals surface area contributed by atoms with E-state index in [2.05, 4.69) is 35.1 Å². The molecule has 0 aromatic carbocycles. The van der Waals surface area contributed by atoms with Crippen LogP contribution in [0.5, 0.6) is 0 Å². The van der Waals surface area contributed by atoms with Crippen LogP contribution in [0.15, 0.2) is 12.3 Å². The molecule has 0 fully saturated rings. The predicted molar refractivity (Wildman–Crippen MR) is 52.7 cm³/mol. The number of nitrogens with one attached hydrogen (secondary N) is 1. The first-order valence-electron chi connectivity index (χ1n) is 4.46. The zero-order valence-corrected chi connectivity index (χ0v) is 8.07. The Balaban J connectivity index is 2.71. The van der Waals surface area contributed by atoms with Gasteiger partial charge < -0.3 is 0 Å². The molecule has 2 rings (SSSR count). The van der Waals surface area contributed by atoms with E-state index in [0.717, 1.165) is 11.1 Å². The van der Waals surface area contributed by atoms with Crippen LogP contribution in [0.3, 0.4) is 0 Å². The molecule has 0 spiro atoms. The van der Waals surface area contributed by atoms with Gasteiger partial charge in [0.1, 0.15) is 6.07 Å². The summed E-state index contributed by atoms with van der Waals surface area (Å²) in [6.45, 7) is 4.15. The van der Waals surface area contributed by atoms with Crippen LogP contribution in [-0.4, -0.2) is 15.2 Å². The highest BCUT2D eigenvalue weighted by molar-refractivity contribution is 5.79. The molecule has 0 aliphatic carbocycles. The lowest BCUT2D eigenvalue weighted by Crippen LogP contribution is -1.88. The summed E-state index contributed by atoms with van der Waals surface area (Å²) in [7, 11) is 0. The van der Waals surface area contributed by atoms with Crippen molar-refractivity contribution in [2.24, 2.45) is 0 Å². The highest BCUT2D eigenvalue weighted by atomic mass is 15.1. The van der Waals surface area contributed by atoms with Crippen molar-refractivity contribution >= 4 is 11.0 Å². The van der Waals surface area contributed by atoms with E-state index in [-0.39, 0.29) is 0 Å². The van der Waals surface area contributed by atoms with Crippen molar-refractivity contribution in [1.29, 1.82) is 5.26 Å². The van der Waals surface area contributed by atoms with Crippen LogP contribution in [0, 0.1) is 11.3 Å². The molecule has 0 radical (unpaired) electrons. The molecule has 0 saturated heterocycles. The molecule has 2 heterocycles. The molecule has 14 heavy (non-hydrogen) atoms. The molecule has 0 amide bonds. The van der Waals surface area contributed by atoms with Crippen molar-refractivity contribution in [3.05, 3.63) is 23.5 Å². The summed E-state index contributed by atoms with van der Waals surface area (Å²) in [4.78, 5) is 4.09. The summed E-state index contributed by atoms with van der Waals surface area (Å²) in [6.07, 6.45) is 1.54. The standard InChI is InChI=1S/C10H10N4/c1-6(2)9-8-3-7(4-11)5-12-10(8)14-13-9/h3,5-6H,1-2H3,(H,12,13,14). The van der Waals surface area contributed by atoms with E-state index in [0.29, 0.717) is 17.1 Å². The SMILES string of the molecule is CC(C)c1[nH]nc2ncc(C#N)cc12. The van der Waals surface area contributed by atoms with Gasteiger partial charge in [0.15, 0.2) is 5.65 Å². The van der Waals surface area contributed by atoms with E-state index in [1.165, 1.54) is 6.20 Å². The van der Waals surface area contributed by atoms with Gasteiger partial charge in [-0.3, -0.25) is 5.10 Å². The number of pyridine rings is 1. The van der Waals surface area contributed by atoms with Crippen molar-refractivity contribution in [3.8, 4) is 6.07 Å². The lowest BCUT2D eigenvalue weighted by Gasteiger charge is -2.00. The van der Waals surface area contributed by atoms with Crippen LogP contribution in [0.2, 0.25) is 0 Å². The Labute approximate surface area is 81.6 Å². The van der Waals surface area contributed by atoms with Gasteiger partial charge in [0.2, 0.25) is 0 Å². The third kappa shape index (κ3) is 1.23. The van der Waals surface area contributed by atoms with Crippen LogP contribution < -0.4 is 0 Å². The fraction of sp³-hybridized carbons (Fsp3) is 0.300. The molecule has 0 saturated carbocycles. The fourth-order valence-corrected chi connectivity index (χ4v) is 1.42. The lowest BCUT2D eigenvalue weighted by atomic mass is 10.1. The molecular formula is C10H10N4. The summed E-state index contributed by atoms with van der Waals surface area (Å²) in [5.74, 6) is 0.357. The normalized spacial score (nSPS) is 10.7. The number of hydrogen-bond donors (Lipinski definition) is 1. The predicted octanol–water partition coefficient (Wildman–Crippen LogP) is 1.95. The number of rotatable bonds is 1. The molecule has 1 N–H and O–H groups in total. The summed E-state index contributed by atoms with van der Waals surface area (Å²) in [5, 5.41) is 16.7. The average Bonchev–Trinajstić information content (AvgIpc) is 2.59. The minimum atomic E-state index is 0.357. The number of H-pyrrole nitrogens is 1. The molecule has 0 unspecified atom stereocenters. The van der Waals surface area contributed by atoms with Gasteiger partial charge in [-0.05, 0) is 12.0 Å². The van der Waals surface area contributed by atoms with E-state index in [1.807, 2.05) is 6.07 Å². The maximum atomic E-state index is 8.74. The Hall–Kier alpha value is -1.89. The van der Waals surface area contributed by atoms with E-state index < -0.39 is 0 Å². The fourth-order valence-electron chi connectivity index (χ4n) is 1.42. The average molecular weight is 186 g/mol. The molecule has 2 aromatic rings. The lowest BCUT2D eigenvalue weighted by molar-refractivity contribution is 0.817. The Kier molecular flexibility index (Phi) is 1.93. The molecule has 0 aliphatic heterocycles. The molecule has 4 heteroatoms. The van der Waals surface area contributed by atoms with Crippen molar-refractivity contribution in [3.63, 3.8) is 0 Å². The molecule has 0 atom stereocenters. The van der Waals surface area contributed by atoms with Crippen molar-refractivity contribution in [2.75, 3.05) is 0 Å². The molecule has 2 aromatic heterocycles. The van der Waals surface area contributed by atoms with Crippen LogP contribution >= 0.6 is 0 Å². The number of aromatic amines is 1. The summed E-state index contributed by atoms with van der Waals surface area (Å²) in [6, 6.07) is 3.89. The third-order valence-corrected chi connectivity index (χ3v) is 2.15. The van der Waals surface area contributed by atoms with Gasteiger partial charge in [-0.15, -0.1) is 0 Å². The Morgan fingerprint density at radius 1 is 1.50 bits per heavy atom. The molecule has 0 bridgehead atoms. The second-order valence-electron chi connectivity index (χ2n) is 3.50. The van der Waals surface area contributed by atoms with Gasteiger partial charge in [-0.2, -0.15) is 10.4 Å². The van der Waals surface area contributed by atoms with Gasteiger partial charge in [0.05, 0.1) is 5.56 Å². The van der Waals surface area contributed by atoms with Crippen LogP contribution in [-0.2, 0) is 0 Å². The van der Waals surface area contributed by atoms with Crippen LogP contribution in [0.25, 0.3) is 11.0 Å². The van der Waals surface area contributed by atoms with Gasteiger partial charge >= 0.3 is 0 Å². The number of nitrogens with zero attached hydrogens (tertiary/aromatic N) is 3. The maximum absolute atomic E-state index is 8.74. The summed E-state index contributed by atoms with van der Waals surface area (Å²) >= 11 is 0. The third-order valence-electron chi connectivity index (χ3n) is 2.15. The minimum absolute atomic E-state index is 0.357. The Morgan fingerprint density at radius 2 is 2.29 bits per heavy atom. The quantitative estimate of drug-likeness (QED) is 0.740. The Bertz CT molecular complexity index is 504. The van der Waals surface area contributed by atoms with E-state index in [1.54, 1.807) is 0 Å². The number of hydrogen-bond acceptors (Lipinski definition) is 3. The molecule has 70 valence electrons. The van der Waals surface area contributed by atoms with E-state index in [9.17, 15) is 0 Å². The zero-order valence-electron chi connectivity index (χ0n) is 8.07. The van der Waals surface area contributed by atoms with Crippen LogP contribution in [0.1, 0.15) is 31.0 Å². The summed E-state index contributed by atoms with van der Waals surface area (Å²) < 4.78 is 0. The number of nitriles is 1. The highest BCUT2D eigenvalue weighted by Gasteiger charge is 2.09. The molecular weight excluding hydrogens is 176 g/mol. The first-order chi connectivity index (χ1) is 6.72. The summed E-state index contributed by atoms with van der Waals surface area (Å²) in [5.41, 5.74) is 2.28. The van der Waals surface area contributed by atoms with Crippen molar-refractivity contribution in [2.45, 2.75) is 19.8 Å². The smallest absolute Gasteiger partial charge is 0.181 e. The maximum Gasteiger partial charge on any atom is 0.181 e. The second kappa shape index (κ2) is 3.11. The van der Waals surface area contributed by atoms with Gasteiger partial charge in [-0.25, -0.2) is 4.98 Å². The Morgan fingerprint density at radius 3 is 2.93 bits per heavy atom. The molecule has 4 nitrogen and oxygen atoms in total. The van der Waals surface area contributed by atoms with Gasteiger partial charge in [0.25, 0.3) is 0 Å². The van der Waals surface area contributed by atoms with Crippen molar-refractivity contribution in [1.82, 2.24) is 15.2 Å². The highest BCUT2D eigenvalue weighted by Crippen LogP contribution is 2.21.